The lowest BCUT2D eigenvalue weighted by molar-refractivity contribution is 0.423. The van der Waals surface area contributed by atoms with Crippen LogP contribution in [0.4, 0.5) is 0 Å². The first kappa shape index (κ1) is 13.6. The van der Waals surface area contributed by atoms with Gasteiger partial charge in [0.25, 0.3) is 0 Å². The van der Waals surface area contributed by atoms with E-state index in [1.807, 2.05) is 0 Å². The summed E-state index contributed by atoms with van der Waals surface area (Å²) in [7, 11) is 0. The van der Waals surface area contributed by atoms with Gasteiger partial charge in [-0.05, 0) is 45.1 Å². The zero-order valence-corrected chi connectivity index (χ0v) is 12.1. The molecule has 1 unspecified atom stereocenters. The van der Waals surface area contributed by atoms with Gasteiger partial charge in [-0.1, -0.05) is 20.3 Å². The van der Waals surface area contributed by atoms with Crippen LogP contribution in [0.3, 0.4) is 0 Å². The van der Waals surface area contributed by atoms with Crippen molar-refractivity contribution >= 4 is 0 Å². The standard InChI is InChI=1S/C15H27N3/c1-4-6-15-14(10-16-9-5-2)11-17-18(15)12(3)13-7-8-13/h11-13,16H,4-10H2,1-3H3. The summed E-state index contributed by atoms with van der Waals surface area (Å²) >= 11 is 0. The predicted molar refractivity (Wildman–Crippen MR) is 75.7 cm³/mol. The van der Waals surface area contributed by atoms with Crippen molar-refractivity contribution in [1.82, 2.24) is 15.1 Å². The van der Waals surface area contributed by atoms with Gasteiger partial charge in [0.05, 0.1) is 12.2 Å². The molecule has 1 heterocycles. The van der Waals surface area contributed by atoms with Crippen LogP contribution in [0.1, 0.15) is 63.8 Å². The molecule has 1 aromatic heterocycles. The van der Waals surface area contributed by atoms with Crippen molar-refractivity contribution in [2.45, 2.75) is 65.5 Å². The molecule has 1 aromatic rings. The third kappa shape index (κ3) is 3.14. The van der Waals surface area contributed by atoms with E-state index in [4.69, 9.17) is 0 Å². The Bertz CT molecular complexity index is 366. The Labute approximate surface area is 111 Å². The van der Waals surface area contributed by atoms with Crippen LogP contribution in [-0.2, 0) is 13.0 Å². The Morgan fingerprint density at radius 1 is 1.39 bits per heavy atom. The third-order valence-corrected chi connectivity index (χ3v) is 3.90. The van der Waals surface area contributed by atoms with E-state index in [0.717, 1.165) is 25.4 Å². The minimum atomic E-state index is 0.589. The van der Waals surface area contributed by atoms with Gasteiger partial charge in [-0.25, -0.2) is 0 Å². The predicted octanol–water partition coefficient (Wildman–Crippen LogP) is 3.31. The fourth-order valence-corrected chi connectivity index (χ4v) is 2.61. The minimum absolute atomic E-state index is 0.589. The van der Waals surface area contributed by atoms with Gasteiger partial charge in [-0.3, -0.25) is 4.68 Å². The summed E-state index contributed by atoms with van der Waals surface area (Å²) in [4.78, 5) is 0. The summed E-state index contributed by atoms with van der Waals surface area (Å²) in [5.74, 6) is 0.872. The molecule has 1 saturated carbocycles. The molecule has 1 fully saturated rings. The second kappa shape index (κ2) is 6.37. The van der Waals surface area contributed by atoms with E-state index in [1.54, 1.807) is 0 Å². The summed E-state index contributed by atoms with van der Waals surface area (Å²) in [5.41, 5.74) is 2.86. The molecule has 0 aliphatic heterocycles. The Morgan fingerprint density at radius 2 is 2.17 bits per heavy atom. The van der Waals surface area contributed by atoms with Crippen molar-refractivity contribution in [3.8, 4) is 0 Å². The summed E-state index contributed by atoms with van der Waals surface area (Å²) in [6.07, 6.45) is 8.39. The molecule has 0 aromatic carbocycles. The SMILES string of the molecule is CCCNCc1cnn(C(C)C2CC2)c1CCC. The molecule has 2 rings (SSSR count). The van der Waals surface area contributed by atoms with Gasteiger partial charge < -0.3 is 5.32 Å². The van der Waals surface area contributed by atoms with Crippen LogP contribution in [-0.4, -0.2) is 16.3 Å². The Morgan fingerprint density at radius 3 is 2.78 bits per heavy atom. The van der Waals surface area contributed by atoms with Crippen molar-refractivity contribution in [1.29, 1.82) is 0 Å². The number of hydrogen-bond donors (Lipinski definition) is 1. The maximum absolute atomic E-state index is 4.65. The molecule has 3 nitrogen and oxygen atoms in total. The number of hydrogen-bond acceptors (Lipinski definition) is 2. The molecule has 1 N–H and O–H groups in total. The van der Waals surface area contributed by atoms with Crippen LogP contribution >= 0.6 is 0 Å². The minimum Gasteiger partial charge on any atom is -0.313 e. The molecule has 3 heteroatoms. The fourth-order valence-electron chi connectivity index (χ4n) is 2.61. The molecule has 0 bridgehead atoms. The molecule has 0 amide bonds. The van der Waals surface area contributed by atoms with Gasteiger partial charge in [0.15, 0.2) is 0 Å². The quantitative estimate of drug-likeness (QED) is 0.716. The highest BCUT2D eigenvalue weighted by Crippen LogP contribution is 2.39. The maximum Gasteiger partial charge on any atom is 0.0537 e. The fraction of sp³-hybridized carbons (Fsp3) is 0.800. The van der Waals surface area contributed by atoms with E-state index < -0.39 is 0 Å². The highest BCUT2D eigenvalue weighted by Gasteiger charge is 2.31. The summed E-state index contributed by atoms with van der Waals surface area (Å²) in [5, 5.41) is 8.15. The smallest absolute Gasteiger partial charge is 0.0537 e. The van der Waals surface area contributed by atoms with Crippen molar-refractivity contribution < 1.29 is 0 Å². The molecular weight excluding hydrogens is 222 g/mol. The van der Waals surface area contributed by atoms with Crippen molar-refractivity contribution in [3.63, 3.8) is 0 Å². The molecule has 1 aliphatic rings. The first-order valence-corrected chi connectivity index (χ1v) is 7.53. The second-order valence-corrected chi connectivity index (χ2v) is 5.57. The second-order valence-electron chi connectivity index (χ2n) is 5.57. The van der Waals surface area contributed by atoms with Crippen molar-refractivity contribution in [2.24, 2.45) is 5.92 Å². The summed E-state index contributed by atoms with van der Waals surface area (Å²) in [6.45, 7) is 8.85. The zero-order valence-electron chi connectivity index (χ0n) is 12.1. The Hall–Kier alpha value is -0.830. The van der Waals surface area contributed by atoms with E-state index >= 15 is 0 Å². The number of aromatic nitrogens is 2. The van der Waals surface area contributed by atoms with Gasteiger partial charge in [-0.15, -0.1) is 0 Å². The lowest BCUT2D eigenvalue weighted by Gasteiger charge is -2.16. The molecule has 1 atom stereocenters. The molecule has 0 saturated heterocycles. The van der Waals surface area contributed by atoms with Crippen molar-refractivity contribution in [3.05, 3.63) is 17.5 Å². The monoisotopic (exact) mass is 249 g/mol. The third-order valence-electron chi connectivity index (χ3n) is 3.90. The molecule has 102 valence electrons. The van der Waals surface area contributed by atoms with E-state index in [9.17, 15) is 0 Å². The van der Waals surface area contributed by atoms with Crippen molar-refractivity contribution in [2.75, 3.05) is 6.54 Å². The number of rotatable bonds is 8. The van der Waals surface area contributed by atoms with E-state index in [1.165, 1.54) is 36.9 Å². The first-order valence-electron chi connectivity index (χ1n) is 7.53. The highest BCUT2D eigenvalue weighted by atomic mass is 15.3. The molecule has 1 aliphatic carbocycles. The van der Waals surface area contributed by atoms with Crippen LogP contribution < -0.4 is 5.32 Å². The first-order chi connectivity index (χ1) is 8.77. The molecule has 0 spiro atoms. The average molecular weight is 249 g/mol. The molecule has 18 heavy (non-hydrogen) atoms. The highest BCUT2D eigenvalue weighted by molar-refractivity contribution is 5.19. The van der Waals surface area contributed by atoms with E-state index in [-0.39, 0.29) is 0 Å². The van der Waals surface area contributed by atoms with Gasteiger partial charge in [-0.2, -0.15) is 5.10 Å². The van der Waals surface area contributed by atoms with E-state index in [0.29, 0.717) is 6.04 Å². The lowest BCUT2D eigenvalue weighted by Crippen LogP contribution is -2.17. The van der Waals surface area contributed by atoms with Gasteiger partial charge in [0.1, 0.15) is 0 Å². The van der Waals surface area contributed by atoms with E-state index in [2.05, 4.69) is 42.1 Å². The number of nitrogens with zero attached hydrogens (tertiary/aromatic N) is 2. The average Bonchev–Trinajstić information content (AvgIpc) is 3.14. The van der Waals surface area contributed by atoms with Gasteiger partial charge in [0.2, 0.25) is 0 Å². The number of nitrogens with one attached hydrogen (secondary N) is 1. The van der Waals surface area contributed by atoms with Crippen LogP contribution in [0, 0.1) is 5.92 Å². The summed E-state index contributed by atoms with van der Waals surface area (Å²) in [6, 6.07) is 0.589. The topological polar surface area (TPSA) is 29.9 Å². The van der Waals surface area contributed by atoms with Crippen LogP contribution in [0.25, 0.3) is 0 Å². The Balaban J connectivity index is 2.08. The van der Waals surface area contributed by atoms with Crippen LogP contribution in [0.15, 0.2) is 6.20 Å². The van der Waals surface area contributed by atoms with Gasteiger partial charge >= 0.3 is 0 Å². The molecular formula is C15H27N3. The van der Waals surface area contributed by atoms with Crippen LogP contribution in [0.5, 0.6) is 0 Å². The normalized spacial score (nSPS) is 17.1. The zero-order chi connectivity index (χ0) is 13.0. The van der Waals surface area contributed by atoms with Crippen LogP contribution in [0.2, 0.25) is 0 Å². The summed E-state index contributed by atoms with van der Waals surface area (Å²) < 4.78 is 2.30. The maximum atomic E-state index is 4.65. The lowest BCUT2D eigenvalue weighted by atomic mass is 10.1. The van der Waals surface area contributed by atoms with Gasteiger partial charge in [0, 0.05) is 17.8 Å². The molecule has 0 radical (unpaired) electrons. The Kier molecular flexibility index (Phi) is 4.81. The largest absolute Gasteiger partial charge is 0.313 e.